The van der Waals surface area contributed by atoms with Gasteiger partial charge in [-0.1, -0.05) is 31.2 Å². The number of amides is 1. The number of carboxylic acid groups (broad SMARTS) is 1. The predicted molar refractivity (Wildman–Crippen MR) is 120 cm³/mol. The number of piperidine rings is 1. The Balaban J connectivity index is 1.34. The van der Waals surface area contributed by atoms with E-state index in [9.17, 15) is 9.59 Å². The maximum absolute atomic E-state index is 12.7. The molecule has 2 aromatic carbocycles. The van der Waals surface area contributed by atoms with Crippen LogP contribution >= 0.6 is 0 Å². The summed E-state index contributed by atoms with van der Waals surface area (Å²) in [6.07, 6.45) is 6.11. The van der Waals surface area contributed by atoms with Gasteiger partial charge in [-0.05, 0) is 79.8 Å². The molecule has 0 atom stereocenters. The third-order valence-electron chi connectivity index (χ3n) is 6.72. The van der Waals surface area contributed by atoms with E-state index in [4.69, 9.17) is 9.84 Å². The van der Waals surface area contributed by atoms with Crippen molar-refractivity contribution in [3.63, 3.8) is 0 Å². The minimum atomic E-state index is -0.763. The second-order valence-electron chi connectivity index (χ2n) is 9.01. The van der Waals surface area contributed by atoms with Crippen molar-refractivity contribution in [2.75, 3.05) is 13.1 Å². The maximum atomic E-state index is 12.7. The lowest BCUT2D eigenvalue weighted by Gasteiger charge is -2.30. The molecule has 1 saturated heterocycles. The van der Waals surface area contributed by atoms with Crippen molar-refractivity contribution in [3.05, 3.63) is 54.1 Å². The van der Waals surface area contributed by atoms with Crippen LogP contribution in [-0.2, 0) is 4.79 Å². The lowest BCUT2D eigenvalue weighted by Crippen LogP contribution is -2.40. The topological polar surface area (TPSA) is 66.8 Å². The number of carbonyl (C=O) groups excluding carboxylic acids is 1. The molecular formula is C26H31NO4. The SMILES string of the molecule is CC1CCC(Oc2ccc(-c3ccc(C(=O)N4CCC(C(=O)O)CC4)cc3)cc2)CC1. The van der Waals surface area contributed by atoms with Gasteiger partial charge in [0.2, 0.25) is 0 Å². The molecule has 5 nitrogen and oxygen atoms in total. The monoisotopic (exact) mass is 421 g/mol. The normalized spacial score (nSPS) is 22.2. The van der Waals surface area contributed by atoms with Crippen molar-refractivity contribution in [3.8, 4) is 16.9 Å². The van der Waals surface area contributed by atoms with Gasteiger partial charge in [0.25, 0.3) is 5.91 Å². The molecule has 0 bridgehead atoms. The standard InChI is InChI=1S/C26H31NO4/c1-18-2-10-23(11-3-18)31-24-12-8-20(9-13-24)19-4-6-21(7-5-19)25(28)27-16-14-22(15-17-27)26(29)30/h4-9,12-13,18,22-23H,2-3,10-11,14-17H2,1H3,(H,29,30). The zero-order valence-corrected chi connectivity index (χ0v) is 18.1. The summed E-state index contributed by atoms with van der Waals surface area (Å²) in [6, 6.07) is 15.8. The Bertz CT molecular complexity index is 890. The highest BCUT2D eigenvalue weighted by atomic mass is 16.5. The van der Waals surface area contributed by atoms with E-state index in [1.807, 2.05) is 36.4 Å². The summed E-state index contributed by atoms with van der Waals surface area (Å²) >= 11 is 0. The molecule has 2 fully saturated rings. The fraction of sp³-hybridized carbons (Fsp3) is 0.462. The molecule has 1 aliphatic heterocycles. The Morgan fingerprint density at radius 2 is 1.39 bits per heavy atom. The minimum absolute atomic E-state index is 0.0269. The van der Waals surface area contributed by atoms with Crippen LogP contribution in [0.1, 0.15) is 55.8 Å². The lowest BCUT2D eigenvalue weighted by atomic mass is 9.89. The number of hydrogen-bond acceptors (Lipinski definition) is 3. The first-order chi connectivity index (χ1) is 15.0. The van der Waals surface area contributed by atoms with E-state index in [0.29, 0.717) is 37.6 Å². The molecule has 2 aromatic rings. The molecule has 1 amide bonds. The highest BCUT2D eigenvalue weighted by Gasteiger charge is 2.27. The molecule has 1 aliphatic carbocycles. The third kappa shape index (κ3) is 5.27. The van der Waals surface area contributed by atoms with Crippen LogP contribution in [0.15, 0.2) is 48.5 Å². The van der Waals surface area contributed by atoms with Crippen LogP contribution in [0.4, 0.5) is 0 Å². The van der Waals surface area contributed by atoms with E-state index in [0.717, 1.165) is 35.6 Å². The fourth-order valence-corrected chi connectivity index (χ4v) is 4.58. The summed E-state index contributed by atoms with van der Waals surface area (Å²) in [5, 5.41) is 9.12. The van der Waals surface area contributed by atoms with E-state index in [-0.39, 0.29) is 11.8 Å². The molecule has 0 spiro atoms. The largest absolute Gasteiger partial charge is 0.490 e. The molecule has 1 heterocycles. The van der Waals surface area contributed by atoms with Gasteiger partial charge in [-0.2, -0.15) is 0 Å². The number of aliphatic carboxylic acids is 1. The van der Waals surface area contributed by atoms with Gasteiger partial charge in [-0.15, -0.1) is 0 Å². The fourth-order valence-electron chi connectivity index (χ4n) is 4.58. The molecule has 1 N–H and O–H groups in total. The average molecular weight is 422 g/mol. The number of benzene rings is 2. The highest BCUT2D eigenvalue weighted by molar-refractivity contribution is 5.95. The third-order valence-corrected chi connectivity index (χ3v) is 6.72. The molecule has 0 unspecified atom stereocenters. The van der Waals surface area contributed by atoms with Gasteiger partial charge >= 0.3 is 5.97 Å². The van der Waals surface area contributed by atoms with Crippen LogP contribution in [0.25, 0.3) is 11.1 Å². The van der Waals surface area contributed by atoms with Gasteiger partial charge in [-0.3, -0.25) is 9.59 Å². The predicted octanol–water partition coefficient (Wildman–Crippen LogP) is 5.25. The summed E-state index contributed by atoms with van der Waals surface area (Å²) < 4.78 is 6.15. The summed E-state index contributed by atoms with van der Waals surface area (Å²) in [5.41, 5.74) is 2.79. The molecule has 164 valence electrons. The zero-order valence-electron chi connectivity index (χ0n) is 18.1. The zero-order chi connectivity index (χ0) is 21.8. The number of ether oxygens (including phenoxy) is 1. The number of rotatable bonds is 5. The van der Waals surface area contributed by atoms with Crippen LogP contribution in [0.3, 0.4) is 0 Å². The van der Waals surface area contributed by atoms with E-state index in [1.165, 1.54) is 12.8 Å². The lowest BCUT2D eigenvalue weighted by molar-refractivity contribution is -0.143. The van der Waals surface area contributed by atoms with E-state index in [1.54, 1.807) is 4.90 Å². The van der Waals surface area contributed by atoms with Gasteiger partial charge in [0, 0.05) is 18.7 Å². The average Bonchev–Trinajstić information content (AvgIpc) is 2.81. The number of hydrogen-bond donors (Lipinski definition) is 1. The second-order valence-corrected chi connectivity index (χ2v) is 9.01. The summed E-state index contributed by atoms with van der Waals surface area (Å²) in [7, 11) is 0. The molecule has 0 aromatic heterocycles. The summed E-state index contributed by atoms with van der Waals surface area (Å²) in [5.74, 6) is 0.607. The smallest absolute Gasteiger partial charge is 0.306 e. The molecule has 1 saturated carbocycles. The van der Waals surface area contributed by atoms with E-state index < -0.39 is 5.97 Å². The van der Waals surface area contributed by atoms with Crippen LogP contribution in [0, 0.1) is 11.8 Å². The molecule has 0 radical (unpaired) electrons. The number of likely N-dealkylation sites (tertiary alicyclic amines) is 1. The van der Waals surface area contributed by atoms with Crippen molar-refractivity contribution in [1.82, 2.24) is 4.90 Å². The van der Waals surface area contributed by atoms with Crippen LogP contribution in [0.5, 0.6) is 5.75 Å². The molecule has 4 rings (SSSR count). The Hall–Kier alpha value is -2.82. The minimum Gasteiger partial charge on any atom is -0.490 e. The maximum Gasteiger partial charge on any atom is 0.306 e. The Morgan fingerprint density at radius 3 is 1.94 bits per heavy atom. The van der Waals surface area contributed by atoms with E-state index >= 15 is 0 Å². The van der Waals surface area contributed by atoms with Crippen molar-refractivity contribution >= 4 is 11.9 Å². The summed E-state index contributed by atoms with van der Waals surface area (Å²) in [6.45, 7) is 3.31. The quantitative estimate of drug-likeness (QED) is 0.716. The Labute approximate surface area is 184 Å². The van der Waals surface area contributed by atoms with Gasteiger partial charge in [0.05, 0.1) is 12.0 Å². The van der Waals surface area contributed by atoms with Gasteiger partial charge in [0.1, 0.15) is 5.75 Å². The second kappa shape index (κ2) is 9.54. The number of nitrogens with zero attached hydrogens (tertiary/aromatic N) is 1. The van der Waals surface area contributed by atoms with Crippen LogP contribution < -0.4 is 4.74 Å². The van der Waals surface area contributed by atoms with Crippen LogP contribution in [-0.4, -0.2) is 41.1 Å². The van der Waals surface area contributed by atoms with Crippen molar-refractivity contribution in [2.24, 2.45) is 11.8 Å². The Kier molecular flexibility index (Phi) is 6.59. The first-order valence-electron chi connectivity index (χ1n) is 11.4. The number of carbonyl (C=O) groups is 2. The molecular weight excluding hydrogens is 390 g/mol. The first kappa shape index (κ1) is 21.4. The van der Waals surface area contributed by atoms with Gasteiger partial charge in [-0.25, -0.2) is 0 Å². The highest BCUT2D eigenvalue weighted by Crippen LogP contribution is 2.29. The van der Waals surface area contributed by atoms with Gasteiger partial charge < -0.3 is 14.7 Å². The van der Waals surface area contributed by atoms with Crippen molar-refractivity contribution in [1.29, 1.82) is 0 Å². The molecule has 5 heteroatoms. The Morgan fingerprint density at radius 1 is 0.839 bits per heavy atom. The van der Waals surface area contributed by atoms with Crippen molar-refractivity contribution < 1.29 is 19.4 Å². The van der Waals surface area contributed by atoms with Crippen molar-refractivity contribution in [2.45, 2.75) is 51.6 Å². The summed E-state index contributed by atoms with van der Waals surface area (Å²) in [4.78, 5) is 25.6. The molecule has 31 heavy (non-hydrogen) atoms. The van der Waals surface area contributed by atoms with E-state index in [2.05, 4.69) is 19.1 Å². The molecule has 2 aliphatic rings. The number of carboxylic acids is 1. The van der Waals surface area contributed by atoms with Crippen LogP contribution in [0.2, 0.25) is 0 Å². The van der Waals surface area contributed by atoms with Gasteiger partial charge in [0.15, 0.2) is 0 Å². The first-order valence-corrected chi connectivity index (χ1v) is 11.4.